The Balaban J connectivity index is 1.53. The van der Waals surface area contributed by atoms with E-state index in [1.807, 2.05) is 11.0 Å². The van der Waals surface area contributed by atoms with Crippen molar-refractivity contribution in [3.63, 3.8) is 0 Å². The van der Waals surface area contributed by atoms with Crippen molar-refractivity contribution in [1.82, 2.24) is 9.55 Å². The third-order valence-corrected chi connectivity index (χ3v) is 6.57. The van der Waals surface area contributed by atoms with Gasteiger partial charge in [0.05, 0.1) is 11.0 Å². The molecule has 156 valence electrons. The lowest BCUT2D eigenvalue weighted by Gasteiger charge is -2.19. The van der Waals surface area contributed by atoms with Crippen LogP contribution in [0.1, 0.15) is 40.4 Å². The van der Waals surface area contributed by atoms with Gasteiger partial charge in [-0.05, 0) is 67.3 Å². The monoisotopic (exact) mass is 409 g/mol. The highest BCUT2D eigenvalue weighted by Gasteiger charge is 2.35. The van der Waals surface area contributed by atoms with Gasteiger partial charge in [-0.15, -0.1) is 0 Å². The average Bonchev–Trinajstić information content (AvgIpc) is 3.32. The zero-order chi connectivity index (χ0) is 21.5. The molecule has 1 saturated heterocycles. The first-order valence-electron chi connectivity index (χ1n) is 10.9. The standard InChI is InChI=1S/C27H27N3O/c1-18-12-13-23(14-20(18)3)29-17-22(15-26(29)31)27-28-24-10-6-7-11-25(24)30(27)16-21-9-5-4-8-19(21)2/h4-14,22H,15-17H2,1-3H3. The van der Waals surface area contributed by atoms with E-state index in [0.29, 0.717) is 13.0 Å². The van der Waals surface area contributed by atoms with E-state index >= 15 is 0 Å². The number of nitrogens with zero attached hydrogens (tertiary/aromatic N) is 3. The van der Waals surface area contributed by atoms with Crippen molar-refractivity contribution >= 4 is 22.6 Å². The summed E-state index contributed by atoms with van der Waals surface area (Å²) in [7, 11) is 0. The number of amides is 1. The summed E-state index contributed by atoms with van der Waals surface area (Å²) in [6.45, 7) is 7.77. The molecule has 0 aliphatic carbocycles. The first-order valence-corrected chi connectivity index (χ1v) is 10.9. The van der Waals surface area contributed by atoms with Crippen LogP contribution in [0.4, 0.5) is 5.69 Å². The minimum atomic E-state index is 0.0746. The van der Waals surface area contributed by atoms with Crippen molar-refractivity contribution in [3.8, 4) is 0 Å². The molecule has 1 unspecified atom stereocenters. The molecule has 4 nitrogen and oxygen atoms in total. The van der Waals surface area contributed by atoms with E-state index in [4.69, 9.17) is 4.98 Å². The molecule has 1 atom stereocenters. The van der Waals surface area contributed by atoms with Gasteiger partial charge in [0.25, 0.3) is 0 Å². The van der Waals surface area contributed by atoms with Crippen molar-refractivity contribution < 1.29 is 4.79 Å². The van der Waals surface area contributed by atoms with Crippen LogP contribution in [0.2, 0.25) is 0 Å². The number of carbonyl (C=O) groups is 1. The number of rotatable bonds is 4. The predicted octanol–water partition coefficient (Wildman–Crippen LogP) is 5.53. The molecule has 1 fully saturated rings. The van der Waals surface area contributed by atoms with E-state index in [2.05, 4.69) is 86.0 Å². The second-order valence-electron chi connectivity index (χ2n) is 8.65. The second-order valence-corrected chi connectivity index (χ2v) is 8.65. The van der Waals surface area contributed by atoms with Crippen LogP contribution < -0.4 is 4.90 Å². The van der Waals surface area contributed by atoms with E-state index in [1.165, 1.54) is 22.3 Å². The summed E-state index contributed by atoms with van der Waals surface area (Å²) in [6, 6.07) is 23.0. The van der Waals surface area contributed by atoms with Gasteiger partial charge in [-0.1, -0.05) is 42.5 Å². The Morgan fingerprint density at radius 2 is 1.68 bits per heavy atom. The summed E-state index contributed by atoms with van der Waals surface area (Å²) in [5.74, 6) is 1.25. The Morgan fingerprint density at radius 3 is 2.48 bits per heavy atom. The van der Waals surface area contributed by atoms with Crippen LogP contribution in [0.15, 0.2) is 66.7 Å². The van der Waals surface area contributed by atoms with E-state index in [-0.39, 0.29) is 11.8 Å². The minimum absolute atomic E-state index is 0.0746. The van der Waals surface area contributed by atoms with E-state index in [1.54, 1.807) is 0 Å². The number of imidazole rings is 1. The number of aromatic nitrogens is 2. The van der Waals surface area contributed by atoms with Gasteiger partial charge in [0.15, 0.2) is 0 Å². The minimum Gasteiger partial charge on any atom is -0.323 e. The fraction of sp³-hybridized carbons (Fsp3) is 0.259. The van der Waals surface area contributed by atoms with Crippen molar-refractivity contribution in [2.75, 3.05) is 11.4 Å². The number of anilines is 1. The van der Waals surface area contributed by atoms with Gasteiger partial charge in [-0.25, -0.2) is 4.98 Å². The molecule has 4 heteroatoms. The van der Waals surface area contributed by atoms with Crippen molar-refractivity contribution in [3.05, 3.63) is 94.8 Å². The molecule has 1 aromatic heterocycles. The Morgan fingerprint density at radius 1 is 0.903 bits per heavy atom. The van der Waals surface area contributed by atoms with Crippen molar-refractivity contribution in [2.45, 2.75) is 39.7 Å². The summed E-state index contributed by atoms with van der Waals surface area (Å²) >= 11 is 0. The van der Waals surface area contributed by atoms with E-state index in [9.17, 15) is 4.79 Å². The number of carbonyl (C=O) groups excluding carboxylic acids is 1. The molecular weight excluding hydrogens is 382 g/mol. The number of aryl methyl sites for hydroxylation is 3. The highest BCUT2D eigenvalue weighted by Crippen LogP contribution is 2.34. The first-order chi connectivity index (χ1) is 15.0. The highest BCUT2D eigenvalue weighted by atomic mass is 16.2. The maximum Gasteiger partial charge on any atom is 0.227 e. The van der Waals surface area contributed by atoms with Crippen LogP contribution in [0.25, 0.3) is 11.0 Å². The smallest absolute Gasteiger partial charge is 0.227 e. The molecule has 0 N–H and O–H groups in total. The molecule has 0 spiro atoms. The molecule has 1 aliphatic heterocycles. The van der Waals surface area contributed by atoms with Crippen LogP contribution in [0, 0.1) is 20.8 Å². The van der Waals surface area contributed by atoms with Crippen LogP contribution in [0.3, 0.4) is 0 Å². The molecule has 3 aromatic carbocycles. The lowest BCUT2D eigenvalue weighted by atomic mass is 10.1. The largest absolute Gasteiger partial charge is 0.323 e. The first kappa shape index (κ1) is 19.6. The molecule has 5 rings (SSSR count). The van der Waals surface area contributed by atoms with E-state index in [0.717, 1.165) is 29.1 Å². The number of fused-ring (bicyclic) bond motifs is 1. The zero-order valence-corrected chi connectivity index (χ0v) is 18.3. The van der Waals surface area contributed by atoms with Gasteiger partial charge in [0.2, 0.25) is 5.91 Å². The summed E-state index contributed by atoms with van der Waals surface area (Å²) in [5, 5.41) is 0. The maximum absolute atomic E-state index is 13.0. The summed E-state index contributed by atoms with van der Waals surface area (Å²) < 4.78 is 2.31. The normalized spacial score (nSPS) is 16.4. The number of hydrogen-bond acceptors (Lipinski definition) is 2. The Labute approximate surface area is 183 Å². The van der Waals surface area contributed by atoms with Gasteiger partial charge in [-0.2, -0.15) is 0 Å². The Bertz CT molecular complexity index is 1290. The van der Waals surface area contributed by atoms with Gasteiger partial charge in [0.1, 0.15) is 5.82 Å². The molecule has 4 aromatic rings. The van der Waals surface area contributed by atoms with Crippen molar-refractivity contribution in [1.29, 1.82) is 0 Å². The second kappa shape index (κ2) is 7.69. The topological polar surface area (TPSA) is 38.1 Å². The van der Waals surface area contributed by atoms with Gasteiger partial charge in [-0.3, -0.25) is 4.79 Å². The van der Waals surface area contributed by atoms with Gasteiger partial charge < -0.3 is 9.47 Å². The van der Waals surface area contributed by atoms with E-state index < -0.39 is 0 Å². The van der Waals surface area contributed by atoms with Gasteiger partial charge in [0, 0.05) is 31.1 Å². The molecule has 0 saturated carbocycles. The number of para-hydroxylation sites is 2. The SMILES string of the molecule is Cc1ccc(N2CC(c3nc4ccccc4n3Cc3ccccc3C)CC2=O)cc1C. The molecule has 31 heavy (non-hydrogen) atoms. The number of benzene rings is 3. The molecule has 1 amide bonds. The maximum atomic E-state index is 13.0. The Hall–Kier alpha value is -3.40. The third-order valence-electron chi connectivity index (χ3n) is 6.57. The highest BCUT2D eigenvalue weighted by molar-refractivity contribution is 5.96. The van der Waals surface area contributed by atoms with Crippen LogP contribution in [0.5, 0.6) is 0 Å². The zero-order valence-electron chi connectivity index (χ0n) is 18.3. The summed E-state index contributed by atoms with van der Waals surface area (Å²) in [4.78, 5) is 19.9. The number of hydrogen-bond donors (Lipinski definition) is 0. The summed E-state index contributed by atoms with van der Waals surface area (Å²) in [5.41, 5.74) is 8.10. The molecular formula is C27H27N3O. The van der Waals surface area contributed by atoms with Crippen LogP contribution in [-0.2, 0) is 11.3 Å². The van der Waals surface area contributed by atoms with Crippen LogP contribution >= 0.6 is 0 Å². The molecule has 1 aliphatic rings. The summed E-state index contributed by atoms with van der Waals surface area (Å²) in [6.07, 6.45) is 0.490. The Kier molecular flexibility index (Phi) is 4.85. The molecule has 0 bridgehead atoms. The van der Waals surface area contributed by atoms with Gasteiger partial charge >= 0.3 is 0 Å². The lowest BCUT2D eigenvalue weighted by molar-refractivity contribution is -0.117. The predicted molar refractivity (Wildman–Crippen MR) is 126 cm³/mol. The molecule has 0 radical (unpaired) electrons. The quantitative estimate of drug-likeness (QED) is 0.444. The van der Waals surface area contributed by atoms with Crippen molar-refractivity contribution in [2.24, 2.45) is 0 Å². The third kappa shape index (κ3) is 3.52. The van der Waals surface area contributed by atoms with Crippen LogP contribution in [-0.4, -0.2) is 22.0 Å². The fourth-order valence-corrected chi connectivity index (χ4v) is 4.55. The molecule has 2 heterocycles. The average molecular weight is 410 g/mol. The lowest BCUT2D eigenvalue weighted by Crippen LogP contribution is -2.24. The fourth-order valence-electron chi connectivity index (χ4n) is 4.55.